The first-order valence-corrected chi connectivity index (χ1v) is 7.13. The molecule has 2 rings (SSSR count). The summed E-state index contributed by atoms with van der Waals surface area (Å²) in [6.07, 6.45) is 1.10. The summed E-state index contributed by atoms with van der Waals surface area (Å²) in [5, 5.41) is 5.13. The number of anilines is 2. The Bertz CT molecular complexity index is 577. The van der Waals surface area contributed by atoms with Crippen LogP contribution < -0.4 is 16.4 Å². The first kappa shape index (κ1) is 19.3. The molecule has 0 atom stereocenters. The summed E-state index contributed by atoms with van der Waals surface area (Å²) < 4.78 is 18.9. The lowest BCUT2D eigenvalue weighted by Crippen LogP contribution is -2.46. The number of hydrogen-bond acceptors (Lipinski definition) is 4. The zero-order valence-corrected chi connectivity index (χ0v) is 13.7. The SMILES string of the molecule is CC(=O)Nc1cc(NC(=O)C2(CN)CCOCC2)ccc1F.Cl. The third kappa shape index (κ3) is 4.63. The van der Waals surface area contributed by atoms with Crippen LogP contribution in [0.5, 0.6) is 0 Å². The predicted octanol–water partition coefficient (Wildman–Crippen LogP) is 1.90. The summed E-state index contributed by atoms with van der Waals surface area (Å²) >= 11 is 0. The van der Waals surface area contributed by atoms with E-state index in [1.54, 1.807) is 0 Å². The van der Waals surface area contributed by atoms with E-state index in [0.717, 1.165) is 0 Å². The Morgan fingerprint density at radius 2 is 1.96 bits per heavy atom. The zero-order valence-electron chi connectivity index (χ0n) is 12.9. The molecule has 8 heteroatoms. The van der Waals surface area contributed by atoms with Gasteiger partial charge in [-0.25, -0.2) is 4.39 Å². The Morgan fingerprint density at radius 3 is 2.52 bits per heavy atom. The largest absolute Gasteiger partial charge is 0.381 e. The maximum absolute atomic E-state index is 13.6. The van der Waals surface area contributed by atoms with E-state index >= 15 is 0 Å². The Morgan fingerprint density at radius 1 is 1.30 bits per heavy atom. The fourth-order valence-electron chi connectivity index (χ4n) is 2.44. The van der Waals surface area contributed by atoms with E-state index in [1.807, 2.05) is 0 Å². The van der Waals surface area contributed by atoms with Gasteiger partial charge in [-0.1, -0.05) is 0 Å². The fourth-order valence-corrected chi connectivity index (χ4v) is 2.44. The third-order valence-corrected chi connectivity index (χ3v) is 3.86. The number of amides is 2. The lowest BCUT2D eigenvalue weighted by atomic mass is 9.79. The van der Waals surface area contributed by atoms with Gasteiger partial charge in [-0.05, 0) is 31.0 Å². The molecule has 1 aliphatic rings. The minimum atomic E-state index is -0.666. The van der Waals surface area contributed by atoms with E-state index in [2.05, 4.69) is 10.6 Å². The summed E-state index contributed by atoms with van der Waals surface area (Å²) in [6, 6.07) is 4.03. The highest BCUT2D eigenvalue weighted by Crippen LogP contribution is 2.31. The third-order valence-electron chi connectivity index (χ3n) is 3.86. The van der Waals surface area contributed by atoms with Crippen LogP contribution in [-0.2, 0) is 14.3 Å². The summed E-state index contributed by atoms with van der Waals surface area (Å²) in [4.78, 5) is 23.6. The molecule has 0 unspecified atom stereocenters. The van der Waals surface area contributed by atoms with Crippen molar-refractivity contribution >= 4 is 35.6 Å². The van der Waals surface area contributed by atoms with Crippen LogP contribution in [0.1, 0.15) is 19.8 Å². The molecule has 1 heterocycles. The van der Waals surface area contributed by atoms with Crippen molar-refractivity contribution in [2.75, 3.05) is 30.4 Å². The summed E-state index contributed by atoms with van der Waals surface area (Å²) in [5.41, 5.74) is 5.55. The van der Waals surface area contributed by atoms with Crippen LogP contribution in [0.15, 0.2) is 18.2 Å². The second kappa shape index (κ2) is 8.24. The van der Waals surface area contributed by atoms with Crippen molar-refractivity contribution < 1.29 is 18.7 Å². The number of nitrogens with two attached hydrogens (primary N) is 1. The average molecular weight is 346 g/mol. The Balaban J connectivity index is 0.00000264. The average Bonchev–Trinajstić information content (AvgIpc) is 2.50. The van der Waals surface area contributed by atoms with E-state index in [-0.39, 0.29) is 36.5 Å². The van der Waals surface area contributed by atoms with Crippen LogP contribution >= 0.6 is 12.4 Å². The minimum Gasteiger partial charge on any atom is -0.381 e. The van der Waals surface area contributed by atoms with Gasteiger partial charge in [-0.3, -0.25) is 9.59 Å². The molecule has 1 saturated heterocycles. The van der Waals surface area contributed by atoms with Crippen LogP contribution in [0.25, 0.3) is 0 Å². The molecular weight excluding hydrogens is 325 g/mol. The number of benzene rings is 1. The molecule has 0 aliphatic carbocycles. The smallest absolute Gasteiger partial charge is 0.232 e. The quantitative estimate of drug-likeness (QED) is 0.777. The van der Waals surface area contributed by atoms with Crippen molar-refractivity contribution in [3.05, 3.63) is 24.0 Å². The van der Waals surface area contributed by atoms with Gasteiger partial charge in [-0.2, -0.15) is 0 Å². The van der Waals surface area contributed by atoms with Gasteiger partial charge in [0.25, 0.3) is 0 Å². The molecule has 1 aromatic carbocycles. The van der Waals surface area contributed by atoms with E-state index < -0.39 is 11.2 Å². The summed E-state index contributed by atoms with van der Waals surface area (Å²) in [7, 11) is 0. The van der Waals surface area contributed by atoms with E-state index in [9.17, 15) is 14.0 Å². The molecule has 0 radical (unpaired) electrons. The second-order valence-electron chi connectivity index (χ2n) is 5.43. The number of rotatable bonds is 4. The number of carbonyl (C=O) groups excluding carboxylic acids is 2. The molecule has 0 aromatic heterocycles. The van der Waals surface area contributed by atoms with Crippen LogP contribution in [0.3, 0.4) is 0 Å². The zero-order chi connectivity index (χ0) is 16.2. The Kier molecular flexibility index (Phi) is 6.93. The van der Waals surface area contributed by atoms with Crippen LogP contribution in [0.4, 0.5) is 15.8 Å². The highest BCUT2D eigenvalue weighted by atomic mass is 35.5. The lowest BCUT2D eigenvalue weighted by Gasteiger charge is -2.34. The van der Waals surface area contributed by atoms with Crippen molar-refractivity contribution in [3.63, 3.8) is 0 Å². The Hall–Kier alpha value is -1.70. The van der Waals surface area contributed by atoms with Gasteiger partial charge in [0.1, 0.15) is 5.82 Å². The molecular formula is C15H21ClFN3O3. The normalized spacial score (nSPS) is 16.1. The lowest BCUT2D eigenvalue weighted by molar-refractivity contribution is -0.130. The van der Waals surface area contributed by atoms with E-state index in [1.165, 1.54) is 25.1 Å². The van der Waals surface area contributed by atoms with Crippen molar-refractivity contribution in [1.29, 1.82) is 0 Å². The molecule has 1 aromatic rings. The molecule has 0 saturated carbocycles. The summed E-state index contributed by atoms with van der Waals surface area (Å²) in [5.74, 6) is -1.16. The molecule has 1 aliphatic heterocycles. The Labute approximate surface area is 140 Å². The number of carbonyl (C=O) groups is 2. The number of halogens is 2. The maximum Gasteiger partial charge on any atom is 0.232 e. The predicted molar refractivity (Wildman–Crippen MR) is 88.1 cm³/mol. The monoisotopic (exact) mass is 345 g/mol. The van der Waals surface area contributed by atoms with Crippen LogP contribution in [0, 0.1) is 11.2 Å². The van der Waals surface area contributed by atoms with Gasteiger partial charge in [0, 0.05) is 32.4 Å². The fraction of sp³-hybridized carbons (Fsp3) is 0.467. The molecule has 23 heavy (non-hydrogen) atoms. The van der Waals surface area contributed by atoms with Gasteiger partial charge in [-0.15, -0.1) is 12.4 Å². The number of ether oxygens (including phenoxy) is 1. The molecule has 2 amide bonds. The van der Waals surface area contributed by atoms with Crippen molar-refractivity contribution in [1.82, 2.24) is 0 Å². The highest BCUT2D eigenvalue weighted by Gasteiger charge is 2.38. The second-order valence-corrected chi connectivity index (χ2v) is 5.43. The van der Waals surface area contributed by atoms with E-state index in [0.29, 0.717) is 31.7 Å². The molecule has 0 spiro atoms. The van der Waals surface area contributed by atoms with Crippen LogP contribution in [0.2, 0.25) is 0 Å². The first-order valence-electron chi connectivity index (χ1n) is 7.13. The molecule has 0 bridgehead atoms. The maximum atomic E-state index is 13.6. The van der Waals surface area contributed by atoms with Crippen molar-refractivity contribution in [2.45, 2.75) is 19.8 Å². The van der Waals surface area contributed by atoms with E-state index in [4.69, 9.17) is 10.5 Å². The van der Waals surface area contributed by atoms with Crippen molar-refractivity contribution in [3.8, 4) is 0 Å². The van der Waals surface area contributed by atoms with Gasteiger partial charge >= 0.3 is 0 Å². The van der Waals surface area contributed by atoms with Gasteiger partial charge in [0.15, 0.2) is 0 Å². The first-order chi connectivity index (χ1) is 10.5. The summed E-state index contributed by atoms with van der Waals surface area (Å²) in [6.45, 7) is 2.49. The molecule has 4 N–H and O–H groups in total. The number of nitrogens with one attached hydrogen (secondary N) is 2. The molecule has 1 fully saturated rings. The standard InChI is InChI=1S/C15H20FN3O3.ClH/c1-10(20)18-13-8-11(2-3-12(13)16)19-14(21)15(9-17)4-6-22-7-5-15;/h2-3,8H,4-7,9,17H2,1H3,(H,18,20)(H,19,21);1H. The van der Waals surface area contributed by atoms with Gasteiger partial charge < -0.3 is 21.1 Å². The molecule has 6 nitrogen and oxygen atoms in total. The highest BCUT2D eigenvalue weighted by molar-refractivity contribution is 5.97. The van der Waals surface area contributed by atoms with Crippen LogP contribution in [-0.4, -0.2) is 31.6 Å². The topological polar surface area (TPSA) is 93.5 Å². The van der Waals surface area contributed by atoms with Crippen molar-refractivity contribution in [2.24, 2.45) is 11.1 Å². The van der Waals surface area contributed by atoms with Gasteiger partial charge in [0.2, 0.25) is 11.8 Å². The number of hydrogen-bond donors (Lipinski definition) is 3. The minimum absolute atomic E-state index is 0. The molecule has 128 valence electrons. The van der Waals surface area contributed by atoms with Gasteiger partial charge in [0.05, 0.1) is 11.1 Å².